The van der Waals surface area contributed by atoms with Gasteiger partial charge in [0.15, 0.2) is 5.96 Å². The molecule has 2 N–H and O–H groups in total. The van der Waals surface area contributed by atoms with Crippen molar-refractivity contribution >= 4 is 29.9 Å². The summed E-state index contributed by atoms with van der Waals surface area (Å²) < 4.78 is 10.7. The molecule has 0 aliphatic rings. The SMILES string of the molecule is CCNC(=NCc1ccccc1COC)NCCc1ccc(C)c(OC)c1.I. The Labute approximate surface area is 186 Å². The van der Waals surface area contributed by atoms with Crippen LogP contribution in [0, 0.1) is 6.92 Å². The predicted molar refractivity (Wildman–Crippen MR) is 127 cm³/mol. The predicted octanol–water partition coefficient (Wildman–Crippen LogP) is 4.07. The number of benzene rings is 2. The monoisotopic (exact) mass is 497 g/mol. The van der Waals surface area contributed by atoms with Crippen LogP contribution in [0.15, 0.2) is 47.5 Å². The van der Waals surface area contributed by atoms with Crippen molar-refractivity contribution in [1.29, 1.82) is 0 Å². The van der Waals surface area contributed by atoms with E-state index in [1.165, 1.54) is 16.7 Å². The largest absolute Gasteiger partial charge is 0.496 e. The van der Waals surface area contributed by atoms with Crippen molar-refractivity contribution in [2.24, 2.45) is 4.99 Å². The summed E-state index contributed by atoms with van der Waals surface area (Å²) in [6.07, 6.45) is 0.904. The van der Waals surface area contributed by atoms with Crippen molar-refractivity contribution in [2.75, 3.05) is 27.3 Å². The molecular weight excluding hydrogens is 465 g/mol. The quantitative estimate of drug-likeness (QED) is 0.312. The summed E-state index contributed by atoms with van der Waals surface area (Å²) >= 11 is 0. The molecule has 2 rings (SSSR count). The summed E-state index contributed by atoms with van der Waals surface area (Å²) in [6, 6.07) is 14.6. The minimum atomic E-state index is 0. The maximum atomic E-state index is 5.40. The zero-order valence-corrected chi connectivity index (χ0v) is 19.6. The van der Waals surface area contributed by atoms with Gasteiger partial charge in [-0.05, 0) is 48.6 Å². The molecule has 0 aliphatic carbocycles. The number of ether oxygens (including phenoxy) is 2. The molecule has 0 atom stereocenters. The molecule has 2 aromatic rings. The van der Waals surface area contributed by atoms with Crippen LogP contribution in [0.1, 0.15) is 29.2 Å². The van der Waals surface area contributed by atoms with Crippen LogP contribution in [0.3, 0.4) is 0 Å². The molecule has 2 aromatic carbocycles. The number of methoxy groups -OCH3 is 2. The van der Waals surface area contributed by atoms with Crippen molar-refractivity contribution in [2.45, 2.75) is 33.4 Å². The van der Waals surface area contributed by atoms with Crippen molar-refractivity contribution in [1.82, 2.24) is 10.6 Å². The normalized spacial score (nSPS) is 10.9. The van der Waals surface area contributed by atoms with E-state index in [0.29, 0.717) is 13.2 Å². The van der Waals surface area contributed by atoms with Gasteiger partial charge in [-0.2, -0.15) is 0 Å². The number of nitrogens with one attached hydrogen (secondary N) is 2. The van der Waals surface area contributed by atoms with Crippen LogP contribution in [-0.2, 0) is 24.3 Å². The molecular formula is C22H32IN3O2. The van der Waals surface area contributed by atoms with Crippen LogP contribution >= 0.6 is 24.0 Å². The minimum absolute atomic E-state index is 0. The van der Waals surface area contributed by atoms with Crippen molar-refractivity contribution in [3.8, 4) is 5.75 Å². The Kier molecular flexibility index (Phi) is 11.6. The van der Waals surface area contributed by atoms with Crippen LogP contribution in [0.25, 0.3) is 0 Å². The Balaban J connectivity index is 0.00000392. The zero-order valence-electron chi connectivity index (χ0n) is 17.2. The van der Waals surface area contributed by atoms with E-state index in [-0.39, 0.29) is 24.0 Å². The molecule has 0 unspecified atom stereocenters. The van der Waals surface area contributed by atoms with E-state index < -0.39 is 0 Å². The molecule has 5 nitrogen and oxygen atoms in total. The fourth-order valence-electron chi connectivity index (χ4n) is 2.86. The fourth-order valence-corrected chi connectivity index (χ4v) is 2.86. The number of hydrogen-bond donors (Lipinski definition) is 2. The molecule has 0 aliphatic heterocycles. The molecule has 6 heteroatoms. The topological polar surface area (TPSA) is 54.9 Å². The van der Waals surface area contributed by atoms with E-state index in [1.54, 1.807) is 14.2 Å². The number of rotatable bonds is 9. The average Bonchev–Trinajstić information content (AvgIpc) is 2.68. The Morgan fingerprint density at radius 3 is 2.46 bits per heavy atom. The lowest BCUT2D eigenvalue weighted by Crippen LogP contribution is -2.38. The third kappa shape index (κ3) is 7.67. The second-order valence-corrected chi connectivity index (χ2v) is 6.38. The van der Waals surface area contributed by atoms with E-state index in [1.807, 2.05) is 12.1 Å². The molecule has 0 saturated heterocycles. The van der Waals surface area contributed by atoms with Crippen LogP contribution < -0.4 is 15.4 Å². The van der Waals surface area contributed by atoms with Crippen molar-refractivity contribution in [3.63, 3.8) is 0 Å². The van der Waals surface area contributed by atoms with Gasteiger partial charge in [-0.25, -0.2) is 4.99 Å². The van der Waals surface area contributed by atoms with E-state index in [4.69, 9.17) is 14.5 Å². The molecule has 154 valence electrons. The Bertz CT molecular complexity index is 750. The molecule has 28 heavy (non-hydrogen) atoms. The van der Waals surface area contributed by atoms with Gasteiger partial charge in [0.05, 0.1) is 20.3 Å². The van der Waals surface area contributed by atoms with Crippen LogP contribution in [0.4, 0.5) is 0 Å². The summed E-state index contributed by atoms with van der Waals surface area (Å²) in [5.74, 6) is 1.76. The summed E-state index contributed by atoms with van der Waals surface area (Å²) in [6.45, 7) is 6.97. The molecule has 0 saturated carbocycles. The molecule has 0 bridgehead atoms. The van der Waals surface area contributed by atoms with Crippen molar-refractivity contribution < 1.29 is 9.47 Å². The molecule has 0 fully saturated rings. The third-order valence-electron chi connectivity index (χ3n) is 4.35. The maximum Gasteiger partial charge on any atom is 0.191 e. The fraction of sp³-hybridized carbons (Fsp3) is 0.409. The van der Waals surface area contributed by atoms with Gasteiger partial charge >= 0.3 is 0 Å². The highest BCUT2D eigenvalue weighted by Crippen LogP contribution is 2.19. The highest BCUT2D eigenvalue weighted by atomic mass is 127. The summed E-state index contributed by atoms with van der Waals surface area (Å²) in [5, 5.41) is 6.71. The van der Waals surface area contributed by atoms with Gasteiger partial charge in [-0.15, -0.1) is 24.0 Å². The molecule has 0 spiro atoms. The first kappa shape index (κ1) is 24.2. The molecule has 0 radical (unpaired) electrons. The van der Waals surface area contributed by atoms with E-state index in [2.05, 4.69) is 54.8 Å². The lowest BCUT2D eigenvalue weighted by molar-refractivity contribution is 0.184. The molecule has 0 amide bonds. The number of aliphatic imine (C=N–C) groups is 1. The van der Waals surface area contributed by atoms with Crippen molar-refractivity contribution in [3.05, 3.63) is 64.7 Å². The summed E-state index contributed by atoms with van der Waals surface area (Å²) in [5.41, 5.74) is 4.75. The Morgan fingerprint density at radius 1 is 1.04 bits per heavy atom. The second kappa shape index (κ2) is 13.4. The first-order chi connectivity index (χ1) is 13.2. The zero-order chi connectivity index (χ0) is 19.5. The van der Waals surface area contributed by atoms with E-state index in [9.17, 15) is 0 Å². The number of hydrogen-bond acceptors (Lipinski definition) is 3. The molecule has 0 heterocycles. The number of halogens is 1. The lowest BCUT2D eigenvalue weighted by Gasteiger charge is -2.13. The smallest absolute Gasteiger partial charge is 0.191 e. The van der Waals surface area contributed by atoms with Gasteiger partial charge in [-0.1, -0.05) is 36.4 Å². The summed E-state index contributed by atoms with van der Waals surface area (Å²) in [4.78, 5) is 4.72. The lowest BCUT2D eigenvalue weighted by atomic mass is 10.1. The minimum Gasteiger partial charge on any atom is -0.496 e. The Hall–Kier alpha value is -1.80. The second-order valence-electron chi connectivity index (χ2n) is 6.38. The van der Waals surface area contributed by atoms with Gasteiger partial charge in [0.1, 0.15) is 5.75 Å². The van der Waals surface area contributed by atoms with Crippen LogP contribution in [-0.4, -0.2) is 33.3 Å². The first-order valence-electron chi connectivity index (χ1n) is 9.39. The van der Waals surface area contributed by atoms with Gasteiger partial charge in [-0.3, -0.25) is 0 Å². The standard InChI is InChI=1S/C22H31N3O2.HI/c1-5-23-22(25-15-19-8-6-7-9-20(19)16-26-3)24-13-12-18-11-10-17(2)21(14-18)27-4;/h6-11,14H,5,12-13,15-16H2,1-4H3,(H2,23,24,25);1H. The summed E-state index contributed by atoms with van der Waals surface area (Å²) in [7, 11) is 3.42. The number of nitrogens with zero attached hydrogens (tertiary/aromatic N) is 1. The van der Waals surface area contributed by atoms with E-state index >= 15 is 0 Å². The first-order valence-corrected chi connectivity index (χ1v) is 9.39. The Morgan fingerprint density at radius 2 is 1.79 bits per heavy atom. The van der Waals surface area contributed by atoms with E-state index in [0.717, 1.165) is 36.8 Å². The third-order valence-corrected chi connectivity index (χ3v) is 4.35. The number of guanidine groups is 1. The van der Waals surface area contributed by atoms with Gasteiger partial charge in [0.2, 0.25) is 0 Å². The van der Waals surface area contributed by atoms with Gasteiger partial charge < -0.3 is 20.1 Å². The van der Waals surface area contributed by atoms with Crippen LogP contribution in [0.2, 0.25) is 0 Å². The highest BCUT2D eigenvalue weighted by Gasteiger charge is 2.04. The maximum absolute atomic E-state index is 5.40. The van der Waals surface area contributed by atoms with Crippen LogP contribution in [0.5, 0.6) is 5.75 Å². The number of aryl methyl sites for hydroxylation is 1. The van der Waals surface area contributed by atoms with Gasteiger partial charge in [0, 0.05) is 20.2 Å². The molecule has 0 aromatic heterocycles. The van der Waals surface area contributed by atoms with Gasteiger partial charge in [0.25, 0.3) is 0 Å². The average molecular weight is 497 g/mol. The highest BCUT2D eigenvalue weighted by molar-refractivity contribution is 14.0.